The highest BCUT2D eigenvalue weighted by Crippen LogP contribution is 2.24. The van der Waals surface area contributed by atoms with Gasteiger partial charge in [0.2, 0.25) is 0 Å². The second kappa shape index (κ2) is 7.59. The second-order valence-electron chi connectivity index (χ2n) is 6.05. The lowest BCUT2D eigenvalue weighted by molar-refractivity contribution is 0.0523. The Bertz CT molecular complexity index is 464. The van der Waals surface area contributed by atoms with E-state index in [9.17, 15) is 4.79 Å². The van der Waals surface area contributed by atoms with Gasteiger partial charge in [-0.2, -0.15) is 5.10 Å². The molecule has 1 aromatic heterocycles. The largest absolute Gasteiger partial charge is 0.462 e. The summed E-state index contributed by atoms with van der Waals surface area (Å²) in [6, 6.07) is 0. The minimum atomic E-state index is -0.272. The van der Waals surface area contributed by atoms with Crippen molar-refractivity contribution in [1.82, 2.24) is 14.7 Å². The van der Waals surface area contributed by atoms with E-state index in [0.717, 1.165) is 24.7 Å². The molecule has 0 N–H and O–H groups in total. The molecular weight excluding hydrogens is 266 g/mol. The SMILES string of the molecule is CCOC(=O)c1cnn(C)c1CN(C)CC1CCCCC1. The van der Waals surface area contributed by atoms with Gasteiger partial charge >= 0.3 is 5.97 Å². The van der Waals surface area contributed by atoms with E-state index in [2.05, 4.69) is 17.0 Å². The van der Waals surface area contributed by atoms with Crippen LogP contribution in [0.25, 0.3) is 0 Å². The molecule has 1 aliphatic carbocycles. The number of aryl methyl sites for hydroxylation is 1. The zero-order chi connectivity index (χ0) is 15.2. The van der Waals surface area contributed by atoms with E-state index in [-0.39, 0.29) is 5.97 Å². The topological polar surface area (TPSA) is 47.4 Å². The van der Waals surface area contributed by atoms with Crippen molar-refractivity contribution in [2.24, 2.45) is 13.0 Å². The summed E-state index contributed by atoms with van der Waals surface area (Å²) in [7, 11) is 4.00. The van der Waals surface area contributed by atoms with E-state index in [4.69, 9.17) is 4.74 Å². The van der Waals surface area contributed by atoms with Gasteiger partial charge in [-0.25, -0.2) is 4.79 Å². The maximum Gasteiger partial charge on any atom is 0.341 e. The van der Waals surface area contributed by atoms with Crippen molar-refractivity contribution in [1.29, 1.82) is 0 Å². The predicted octanol–water partition coefficient (Wildman–Crippen LogP) is 2.61. The number of hydrogen-bond acceptors (Lipinski definition) is 4. The van der Waals surface area contributed by atoms with Crippen molar-refractivity contribution >= 4 is 5.97 Å². The molecule has 0 radical (unpaired) electrons. The minimum absolute atomic E-state index is 0.272. The van der Waals surface area contributed by atoms with Crippen LogP contribution >= 0.6 is 0 Å². The van der Waals surface area contributed by atoms with Gasteiger partial charge in [0, 0.05) is 20.1 Å². The van der Waals surface area contributed by atoms with Gasteiger partial charge in [0.15, 0.2) is 0 Å². The standard InChI is InChI=1S/C16H27N3O2/c1-4-21-16(20)14-10-17-19(3)15(14)12-18(2)11-13-8-6-5-7-9-13/h10,13H,4-9,11-12H2,1-3H3. The molecule has 1 fully saturated rings. The molecule has 2 rings (SSSR count). The molecular formula is C16H27N3O2. The van der Waals surface area contributed by atoms with Crippen LogP contribution in [0.2, 0.25) is 0 Å². The van der Waals surface area contributed by atoms with Crippen LogP contribution in [0.4, 0.5) is 0 Å². The molecule has 1 heterocycles. The fourth-order valence-corrected chi connectivity index (χ4v) is 3.16. The van der Waals surface area contributed by atoms with Gasteiger partial charge in [-0.05, 0) is 32.7 Å². The molecule has 118 valence electrons. The molecule has 21 heavy (non-hydrogen) atoms. The predicted molar refractivity (Wildman–Crippen MR) is 82.1 cm³/mol. The maximum absolute atomic E-state index is 12.0. The smallest absolute Gasteiger partial charge is 0.341 e. The first kappa shape index (κ1) is 16.0. The van der Waals surface area contributed by atoms with Gasteiger partial charge < -0.3 is 9.64 Å². The Morgan fingerprint density at radius 2 is 2.14 bits per heavy atom. The van der Waals surface area contributed by atoms with Crippen LogP contribution in [0, 0.1) is 5.92 Å². The van der Waals surface area contributed by atoms with Crippen LogP contribution in [0.5, 0.6) is 0 Å². The van der Waals surface area contributed by atoms with Crippen molar-refractivity contribution in [2.45, 2.75) is 45.6 Å². The summed E-state index contributed by atoms with van der Waals surface area (Å²) in [5.74, 6) is 0.523. The molecule has 0 aliphatic heterocycles. The Labute approximate surface area is 127 Å². The van der Waals surface area contributed by atoms with Crippen molar-refractivity contribution in [3.8, 4) is 0 Å². The zero-order valence-electron chi connectivity index (χ0n) is 13.5. The van der Waals surface area contributed by atoms with Gasteiger partial charge in [-0.3, -0.25) is 4.68 Å². The number of carbonyl (C=O) groups is 1. The van der Waals surface area contributed by atoms with Crippen molar-refractivity contribution in [3.05, 3.63) is 17.5 Å². The van der Waals surface area contributed by atoms with Crippen molar-refractivity contribution in [2.75, 3.05) is 20.2 Å². The van der Waals surface area contributed by atoms with Gasteiger partial charge in [0.25, 0.3) is 0 Å². The number of rotatable bonds is 6. The van der Waals surface area contributed by atoms with Crippen LogP contribution in [0.3, 0.4) is 0 Å². The fourth-order valence-electron chi connectivity index (χ4n) is 3.16. The Hall–Kier alpha value is -1.36. The fraction of sp³-hybridized carbons (Fsp3) is 0.750. The highest BCUT2D eigenvalue weighted by Gasteiger charge is 2.20. The lowest BCUT2D eigenvalue weighted by atomic mass is 9.89. The number of carbonyl (C=O) groups excluding carboxylic acids is 1. The first-order valence-corrected chi connectivity index (χ1v) is 7.98. The van der Waals surface area contributed by atoms with Gasteiger partial charge in [0.1, 0.15) is 5.56 Å². The highest BCUT2D eigenvalue weighted by molar-refractivity contribution is 5.90. The van der Waals surface area contributed by atoms with Gasteiger partial charge in [-0.15, -0.1) is 0 Å². The number of aromatic nitrogens is 2. The number of hydrogen-bond donors (Lipinski definition) is 0. The third-order valence-corrected chi connectivity index (χ3v) is 4.27. The molecule has 1 aromatic rings. The summed E-state index contributed by atoms with van der Waals surface area (Å²) >= 11 is 0. The molecule has 1 saturated carbocycles. The summed E-state index contributed by atoms with van der Waals surface area (Å²) in [4.78, 5) is 14.3. The number of ether oxygens (including phenoxy) is 1. The Morgan fingerprint density at radius 3 is 2.81 bits per heavy atom. The summed E-state index contributed by atoms with van der Waals surface area (Å²) in [5.41, 5.74) is 1.53. The summed E-state index contributed by atoms with van der Waals surface area (Å²) in [5, 5.41) is 4.21. The maximum atomic E-state index is 12.0. The molecule has 0 aromatic carbocycles. The van der Waals surface area contributed by atoms with Crippen LogP contribution in [0.1, 0.15) is 55.1 Å². The average molecular weight is 293 g/mol. The quantitative estimate of drug-likeness (QED) is 0.756. The van der Waals surface area contributed by atoms with Gasteiger partial charge in [-0.1, -0.05) is 19.3 Å². The molecule has 5 nitrogen and oxygen atoms in total. The zero-order valence-corrected chi connectivity index (χ0v) is 13.5. The Morgan fingerprint density at radius 1 is 1.43 bits per heavy atom. The summed E-state index contributed by atoms with van der Waals surface area (Å²) < 4.78 is 6.88. The third-order valence-electron chi connectivity index (χ3n) is 4.27. The molecule has 0 bridgehead atoms. The lowest BCUT2D eigenvalue weighted by Gasteiger charge is -2.27. The van der Waals surface area contributed by atoms with Crippen molar-refractivity contribution in [3.63, 3.8) is 0 Å². The molecule has 0 saturated heterocycles. The summed E-state index contributed by atoms with van der Waals surface area (Å²) in [6.45, 7) is 4.04. The number of esters is 1. The first-order valence-electron chi connectivity index (χ1n) is 7.98. The molecule has 0 spiro atoms. The Kier molecular flexibility index (Phi) is 5.79. The average Bonchev–Trinajstić information content (AvgIpc) is 2.81. The lowest BCUT2D eigenvalue weighted by Crippen LogP contribution is -2.28. The van der Waals surface area contributed by atoms with E-state index >= 15 is 0 Å². The Balaban J connectivity index is 1.97. The first-order chi connectivity index (χ1) is 10.1. The van der Waals surface area contributed by atoms with E-state index in [1.807, 2.05) is 14.0 Å². The van der Waals surface area contributed by atoms with Crippen LogP contribution in [0.15, 0.2) is 6.20 Å². The highest BCUT2D eigenvalue weighted by atomic mass is 16.5. The molecule has 0 unspecified atom stereocenters. The molecule has 5 heteroatoms. The van der Waals surface area contributed by atoms with Crippen LogP contribution in [-0.2, 0) is 18.3 Å². The molecule has 0 atom stereocenters. The van der Waals surface area contributed by atoms with E-state index in [1.165, 1.54) is 32.1 Å². The molecule has 0 amide bonds. The third kappa shape index (κ3) is 4.30. The normalized spacial score (nSPS) is 16.4. The van der Waals surface area contributed by atoms with E-state index in [0.29, 0.717) is 12.2 Å². The van der Waals surface area contributed by atoms with E-state index in [1.54, 1.807) is 10.9 Å². The van der Waals surface area contributed by atoms with Crippen molar-refractivity contribution < 1.29 is 9.53 Å². The monoisotopic (exact) mass is 293 g/mol. The summed E-state index contributed by atoms with van der Waals surface area (Å²) in [6.07, 6.45) is 8.38. The van der Waals surface area contributed by atoms with Crippen LogP contribution < -0.4 is 0 Å². The van der Waals surface area contributed by atoms with E-state index < -0.39 is 0 Å². The van der Waals surface area contributed by atoms with Crippen LogP contribution in [-0.4, -0.2) is 40.8 Å². The second-order valence-corrected chi connectivity index (χ2v) is 6.05. The number of nitrogens with zero attached hydrogens (tertiary/aromatic N) is 3. The molecule has 1 aliphatic rings. The van der Waals surface area contributed by atoms with Gasteiger partial charge in [0.05, 0.1) is 18.5 Å². The minimum Gasteiger partial charge on any atom is -0.462 e.